The molecule has 0 radical (unpaired) electrons. The zero-order valence-electron chi connectivity index (χ0n) is 15.1. The first kappa shape index (κ1) is 21.8. The summed E-state index contributed by atoms with van der Waals surface area (Å²) >= 11 is 11.0. The number of halogens is 2. The Hall–Kier alpha value is -1.23. The lowest BCUT2D eigenvalue weighted by Crippen LogP contribution is -2.46. The van der Waals surface area contributed by atoms with Gasteiger partial charge in [-0.3, -0.25) is 14.1 Å². The van der Waals surface area contributed by atoms with Crippen LogP contribution in [0.4, 0.5) is 0 Å². The van der Waals surface area contributed by atoms with Gasteiger partial charge in [-0.2, -0.15) is 0 Å². The average Bonchev–Trinajstić information content (AvgIpc) is 2.56. The molecule has 0 atom stereocenters. The van der Waals surface area contributed by atoms with Gasteiger partial charge < -0.3 is 0 Å². The predicted molar refractivity (Wildman–Crippen MR) is 101 cm³/mol. The first-order valence-electron chi connectivity index (χ1n) is 8.61. The summed E-state index contributed by atoms with van der Waals surface area (Å²) in [5.74, 6) is -0.174. The second-order valence-electron chi connectivity index (χ2n) is 6.83. The number of rotatable bonds is 10. The van der Waals surface area contributed by atoms with E-state index in [1.807, 2.05) is 14.1 Å². The van der Waals surface area contributed by atoms with E-state index in [1.54, 1.807) is 0 Å². The Morgan fingerprint density at radius 1 is 0.800 bits per heavy atom. The maximum atomic E-state index is 12.8. The molecule has 1 aromatic carbocycles. The van der Waals surface area contributed by atoms with Gasteiger partial charge in [0.15, 0.2) is 0 Å². The van der Waals surface area contributed by atoms with Crippen LogP contribution in [0.3, 0.4) is 0 Å². The van der Waals surface area contributed by atoms with Crippen LogP contribution in [0.2, 0.25) is 0 Å². The zero-order chi connectivity index (χ0) is 19.0. The fraction of sp³-hybridized carbons (Fsp3) is 0.526. The molecule has 1 aromatic rings. The third kappa shape index (κ3) is 6.89. The molecule has 0 heterocycles. The summed E-state index contributed by atoms with van der Waals surface area (Å²) in [6.45, 7) is 2.87. The Kier molecular flexibility index (Phi) is 8.77. The molecule has 0 aliphatic rings. The minimum atomic E-state index is -0.727. The lowest BCUT2D eigenvalue weighted by atomic mass is 10.0. The van der Waals surface area contributed by atoms with Crippen molar-refractivity contribution in [3.63, 3.8) is 0 Å². The molecule has 1 rings (SSSR count). The molecular weight excluding hydrogens is 361 g/mol. The van der Waals surface area contributed by atoms with Crippen molar-refractivity contribution in [3.05, 3.63) is 34.9 Å². The van der Waals surface area contributed by atoms with Gasteiger partial charge in [-0.15, -0.1) is 0 Å². The topological polar surface area (TPSA) is 51.2 Å². The highest BCUT2D eigenvalue weighted by Crippen LogP contribution is 2.19. The summed E-state index contributed by atoms with van der Waals surface area (Å²) in [5.41, 5.74) is 0.457. The van der Waals surface area contributed by atoms with Crippen LogP contribution in [-0.4, -0.2) is 41.5 Å². The van der Waals surface area contributed by atoms with Crippen molar-refractivity contribution in [1.29, 1.82) is 0 Å². The monoisotopic (exact) mass is 386 g/mol. The minimum absolute atomic E-state index is 0.0936. The number of carbonyl (C=O) groups excluding carboxylic acids is 3. The summed E-state index contributed by atoms with van der Waals surface area (Å²) in [6, 6.07) is 4.14. The molecule has 25 heavy (non-hydrogen) atoms. The van der Waals surface area contributed by atoms with Gasteiger partial charge in [0, 0.05) is 11.1 Å². The van der Waals surface area contributed by atoms with Crippen LogP contribution < -0.4 is 0 Å². The van der Waals surface area contributed by atoms with E-state index in [-0.39, 0.29) is 27.1 Å². The van der Waals surface area contributed by atoms with Gasteiger partial charge in [0.05, 0.1) is 26.2 Å². The van der Waals surface area contributed by atoms with Gasteiger partial charge in [0.25, 0.3) is 10.5 Å². The fourth-order valence-electron chi connectivity index (χ4n) is 2.72. The average molecular weight is 387 g/mol. The molecule has 0 aliphatic carbocycles. The Labute approximate surface area is 159 Å². The number of benzene rings is 1. The van der Waals surface area contributed by atoms with E-state index in [9.17, 15) is 14.4 Å². The first-order chi connectivity index (χ1) is 11.7. The van der Waals surface area contributed by atoms with Crippen molar-refractivity contribution in [1.82, 2.24) is 0 Å². The molecule has 0 spiro atoms. The summed E-state index contributed by atoms with van der Waals surface area (Å²) in [6.07, 6.45) is 6.86. The van der Waals surface area contributed by atoms with E-state index in [0.717, 1.165) is 12.8 Å². The van der Waals surface area contributed by atoms with Crippen LogP contribution in [0.5, 0.6) is 0 Å². The number of hydrogen-bond acceptors (Lipinski definition) is 3. The molecule has 0 bridgehead atoms. The van der Waals surface area contributed by atoms with E-state index in [4.69, 9.17) is 23.2 Å². The first-order valence-corrected chi connectivity index (χ1v) is 9.37. The molecule has 1 amide bonds. The largest absolute Gasteiger partial charge is 0.345 e. The van der Waals surface area contributed by atoms with Gasteiger partial charge >= 0.3 is 5.91 Å². The van der Waals surface area contributed by atoms with E-state index in [0.29, 0.717) is 6.54 Å². The quantitative estimate of drug-likeness (QED) is 0.322. The van der Waals surface area contributed by atoms with Crippen LogP contribution in [0.1, 0.15) is 76.5 Å². The summed E-state index contributed by atoms with van der Waals surface area (Å²) < 4.78 is 0.142. The van der Waals surface area contributed by atoms with Crippen LogP contribution in [-0.2, 0) is 0 Å². The number of hydrogen-bond donors (Lipinski definition) is 0. The number of quaternary nitrogens is 1. The lowest BCUT2D eigenvalue weighted by Gasteiger charge is -2.27. The molecule has 0 aromatic heterocycles. The van der Waals surface area contributed by atoms with Gasteiger partial charge in [-0.1, -0.05) is 32.6 Å². The molecule has 0 unspecified atom stereocenters. The molecule has 6 heteroatoms. The number of amides is 1. The number of unbranched alkanes of at least 4 members (excludes halogenated alkanes) is 5. The molecule has 0 N–H and O–H groups in total. The maximum Gasteiger partial charge on any atom is 0.345 e. The van der Waals surface area contributed by atoms with Crippen LogP contribution >= 0.6 is 23.2 Å². The number of carbonyl (C=O) groups is 3. The Morgan fingerprint density at radius 3 is 1.72 bits per heavy atom. The molecule has 0 saturated carbocycles. The van der Waals surface area contributed by atoms with Gasteiger partial charge in [-0.05, 0) is 54.2 Å². The van der Waals surface area contributed by atoms with Gasteiger partial charge in [0.2, 0.25) is 0 Å². The van der Waals surface area contributed by atoms with E-state index >= 15 is 0 Å². The van der Waals surface area contributed by atoms with E-state index in [1.165, 1.54) is 43.9 Å². The van der Waals surface area contributed by atoms with Gasteiger partial charge in [-0.25, -0.2) is 4.79 Å². The summed E-state index contributed by atoms with van der Waals surface area (Å²) in [5, 5.41) is -1.45. The van der Waals surface area contributed by atoms with E-state index < -0.39 is 10.5 Å². The fourth-order valence-corrected chi connectivity index (χ4v) is 2.93. The van der Waals surface area contributed by atoms with Crippen LogP contribution in [0.15, 0.2) is 18.2 Å². The third-order valence-corrected chi connectivity index (χ3v) is 4.69. The van der Waals surface area contributed by atoms with Gasteiger partial charge in [0.1, 0.15) is 0 Å². The van der Waals surface area contributed by atoms with Crippen molar-refractivity contribution in [2.24, 2.45) is 0 Å². The normalized spacial score (nSPS) is 11.4. The highest BCUT2D eigenvalue weighted by atomic mass is 35.5. The summed E-state index contributed by atoms with van der Waals surface area (Å²) in [7, 11) is 3.65. The highest BCUT2D eigenvalue weighted by Gasteiger charge is 2.29. The molecular formula is C19H26Cl2NO3+. The van der Waals surface area contributed by atoms with Crippen molar-refractivity contribution in [2.45, 2.75) is 45.4 Å². The molecule has 4 nitrogen and oxygen atoms in total. The third-order valence-electron chi connectivity index (χ3n) is 4.25. The SMILES string of the molecule is CCCCCCCC[N+](C)(C)C(=O)c1cc(C(=O)Cl)cc(C(=O)Cl)c1. The molecule has 138 valence electrons. The van der Waals surface area contributed by atoms with Crippen LogP contribution in [0.25, 0.3) is 0 Å². The summed E-state index contributed by atoms with van der Waals surface area (Å²) in [4.78, 5) is 35.7. The number of nitrogens with zero attached hydrogens (tertiary/aromatic N) is 1. The minimum Gasteiger partial charge on any atom is -0.276 e. The van der Waals surface area contributed by atoms with Crippen molar-refractivity contribution in [2.75, 3.05) is 20.6 Å². The van der Waals surface area contributed by atoms with Crippen molar-refractivity contribution < 1.29 is 18.9 Å². The van der Waals surface area contributed by atoms with Crippen molar-refractivity contribution in [3.8, 4) is 0 Å². The van der Waals surface area contributed by atoms with Crippen molar-refractivity contribution >= 4 is 39.6 Å². The highest BCUT2D eigenvalue weighted by molar-refractivity contribution is 6.69. The molecule has 0 fully saturated rings. The van der Waals surface area contributed by atoms with Crippen LogP contribution in [0, 0.1) is 0 Å². The Morgan fingerprint density at radius 2 is 1.24 bits per heavy atom. The Balaban J connectivity index is 2.85. The van der Waals surface area contributed by atoms with E-state index in [2.05, 4.69) is 6.92 Å². The maximum absolute atomic E-state index is 12.8. The smallest absolute Gasteiger partial charge is 0.276 e. The lowest BCUT2D eigenvalue weighted by molar-refractivity contribution is -0.807. The standard InChI is InChI=1S/C19H26Cl2NO3/c1-4-5-6-7-8-9-10-22(2,3)19(25)16-12-14(17(20)23)11-15(13-16)18(21)24/h11-13H,4-10H2,1-3H3/q+1. The zero-order valence-corrected chi connectivity index (χ0v) is 16.6. The second kappa shape index (κ2) is 10.0. The molecule has 0 aliphatic heterocycles. The Bertz CT molecular complexity index is 609. The second-order valence-corrected chi connectivity index (χ2v) is 7.51. The predicted octanol–water partition coefficient (Wildman–Crippen LogP) is 5.02. The molecule has 0 saturated heterocycles.